The van der Waals surface area contributed by atoms with Crippen molar-refractivity contribution in [2.45, 2.75) is 45.8 Å². The smallest absolute Gasteiger partial charge is 0.0781 e. The third-order valence-corrected chi connectivity index (χ3v) is 3.04. The van der Waals surface area contributed by atoms with Gasteiger partial charge in [0.1, 0.15) is 0 Å². The topological polar surface area (TPSA) is 20.2 Å². The molecule has 82 valence electrons. The van der Waals surface area contributed by atoms with E-state index in [0.29, 0.717) is 5.92 Å². The van der Waals surface area contributed by atoms with E-state index in [1.165, 1.54) is 12.8 Å². The molecule has 0 aliphatic heterocycles. The second-order valence-electron chi connectivity index (χ2n) is 4.93. The van der Waals surface area contributed by atoms with Crippen LogP contribution in [0, 0.1) is 5.92 Å². The van der Waals surface area contributed by atoms with Gasteiger partial charge in [0.05, 0.1) is 8.07 Å². The van der Waals surface area contributed by atoms with Crippen LogP contribution in [0.2, 0.25) is 19.6 Å². The van der Waals surface area contributed by atoms with E-state index in [2.05, 4.69) is 38.0 Å². The van der Waals surface area contributed by atoms with Crippen LogP contribution in [0.25, 0.3) is 0 Å². The van der Waals surface area contributed by atoms with Gasteiger partial charge in [0.2, 0.25) is 0 Å². The molecule has 1 atom stereocenters. The molecule has 0 rings (SSSR count). The summed E-state index contributed by atoms with van der Waals surface area (Å²) in [6, 6.07) is 0. The molecule has 1 nitrogen and oxygen atoms in total. The van der Waals surface area contributed by atoms with Crippen molar-refractivity contribution < 1.29 is 5.11 Å². The van der Waals surface area contributed by atoms with E-state index in [4.69, 9.17) is 5.11 Å². The van der Waals surface area contributed by atoms with Crippen LogP contribution in [0.4, 0.5) is 0 Å². The monoisotopic (exact) mass is 212 g/mol. The minimum absolute atomic E-state index is 0.256. The first-order valence-corrected chi connectivity index (χ1v) is 9.12. The van der Waals surface area contributed by atoms with Gasteiger partial charge in [-0.2, -0.15) is 0 Å². The number of aliphatic hydroxyl groups excluding tert-OH is 1. The van der Waals surface area contributed by atoms with Crippen molar-refractivity contribution in [2.75, 3.05) is 6.61 Å². The van der Waals surface area contributed by atoms with Gasteiger partial charge in [-0.1, -0.05) is 45.1 Å². The van der Waals surface area contributed by atoms with Crippen molar-refractivity contribution in [1.29, 1.82) is 0 Å². The van der Waals surface area contributed by atoms with Crippen LogP contribution in [-0.4, -0.2) is 19.8 Å². The largest absolute Gasteiger partial charge is 0.396 e. The van der Waals surface area contributed by atoms with E-state index in [-0.39, 0.29) is 6.61 Å². The average Bonchev–Trinajstić information content (AvgIpc) is 2.09. The molecule has 0 radical (unpaired) electrons. The second kappa shape index (κ2) is 7.05. The first kappa shape index (κ1) is 13.7. The van der Waals surface area contributed by atoms with Crippen molar-refractivity contribution in [1.82, 2.24) is 0 Å². The molecule has 0 aromatic carbocycles. The average molecular weight is 212 g/mol. The standard InChI is InChI=1S/C12H24OSi/c1-5-6-8-12(11-13)9-7-10-14(2,3)4/h9-10,12-13H,5-6,8,11H2,1-4H3. The Hall–Kier alpha value is -0.303. The molecule has 0 saturated carbocycles. The summed E-state index contributed by atoms with van der Waals surface area (Å²) in [5, 5.41) is 9.11. The number of rotatable bonds is 6. The van der Waals surface area contributed by atoms with Crippen molar-refractivity contribution in [2.24, 2.45) is 5.92 Å². The highest BCUT2D eigenvalue weighted by Gasteiger charge is 2.06. The Morgan fingerprint density at radius 3 is 2.43 bits per heavy atom. The van der Waals surface area contributed by atoms with Gasteiger partial charge in [-0.05, 0) is 12.5 Å². The minimum atomic E-state index is -1.12. The fourth-order valence-corrected chi connectivity index (χ4v) is 1.72. The molecule has 1 unspecified atom stereocenters. The lowest BCUT2D eigenvalue weighted by atomic mass is 10.0. The molecule has 0 aromatic heterocycles. The molecule has 0 bridgehead atoms. The molecule has 0 fully saturated rings. The molecule has 0 saturated heterocycles. The Labute approximate surface area is 89.5 Å². The minimum Gasteiger partial charge on any atom is -0.396 e. The highest BCUT2D eigenvalue weighted by molar-refractivity contribution is 6.80. The Kier molecular flexibility index (Phi) is 6.90. The summed E-state index contributed by atoms with van der Waals surface area (Å²) in [7, 11) is -1.12. The van der Waals surface area contributed by atoms with Crippen molar-refractivity contribution in [3.8, 4) is 0 Å². The third-order valence-electron chi connectivity index (χ3n) is 2.01. The quantitative estimate of drug-likeness (QED) is 0.529. The number of unbranched alkanes of at least 4 members (excludes halogenated alkanes) is 1. The van der Waals surface area contributed by atoms with E-state index < -0.39 is 8.07 Å². The molecule has 0 heterocycles. The predicted molar refractivity (Wildman–Crippen MR) is 66.1 cm³/mol. The molecular formula is C12H24OSi. The van der Waals surface area contributed by atoms with Crippen molar-refractivity contribution >= 4 is 8.07 Å². The van der Waals surface area contributed by atoms with E-state index >= 15 is 0 Å². The molecule has 14 heavy (non-hydrogen) atoms. The van der Waals surface area contributed by atoms with Crippen LogP contribution in [0.5, 0.6) is 0 Å². The van der Waals surface area contributed by atoms with Crippen molar-refractivity contribution in [3.05, 3.63) is 17.5 Å². The SMILES string of the molecule is CCCCC(C=C=C[Si](C)(C)C)CO. The molecule has 0 spiro atoms. The van der Waals surface area contributed by atoms with Gasteiger partial charge in [-0.15, -0.1) is 5.73 Å². The number of hydrogen-bond acceptors (Lipinski definition) is 1. The molecule has 0 aromatic rings. The second-order valence-corrected chi connectivity index (χ2v) is 9.95. The highest BCUT2D eigenvalue weighted by Crippen LogP contribution is 2.09. The molecule has 2 heteroatoms. The number of hydrogen-bond donors (Lipinski definition) is 1. The van der Waals surface area contributed by atoms with Gasteiger partial charge in [-0.25, -0.2) is 0 Å². The molecule has 1 N–H and O–H groups in total. The Bertz CT molecular complexity index is 197. The zero-order valence-corrected chi connectivity index (χ0v) is 11.0. The Morgan fingerprint density at radius 1 is 1.36 bits per heavy atom. The lowest BCUT2D eigenvalue weighted by Gasteiger charge is -2.07. The Morgan fingerprint density at radius 2 is 2.00 bits per heavy atom. The van der Waals surface area contributed by atoms with E-state index in [0.717, 1.165) is 6.42 Å². The molecular weight excluding hydrogens is 188 g/mol. The number of aliphatic hydroxyl groups is 1. The molecule has 0 aliphatic carbocycles. The van der Waals surface area contributed by atoms with Gasteiger partial charge in [0, 0.05) is 12.5 Å². The first-order valence-electron chi connectivity index (χ1n) is 5.54. The fraction of sp³-hybridized carbons (Fsp3) is 0.750. The Balaban J connectivity index is 4.09. The van der Waals surface area contributed by atoms with Crippen LogP contribution < -0.4 is 0 Å². The zero-order chi connectivity index (χ0) is 11.0. The maximum Gasteiger partial charge on any atom is 0.0781 e. The summed E-state index contributed by atoms with van der Waals surface area (Å²) in [6.45, 7) is 9.29. The van der Waals surface area contributed by atoms with E-state index in [1.807, 2.05) is 6.08 Å². The van der Waals surface area contributed by atoms with Crippen molar-refractivity contribution in [3.63, 3.8) is 0 Å². The third kappa shape index (κ3) is 8.30. The van der Waals surface area contributed by atoms with Crippen LogP contribution in [0.15, 0.2) is 17.5 Å². The zero-order valence-electron chi connectivity index (χ0n) is 10.0. The van der Waals surface area contributed by atoms with Gasteiger partial charge in [0.15, 0.2) is 0 Å². The van der Waals surface area contributed by atoms with Crippen LogP contribution >= 0.6 is 0 Å². The summed E-state index contributed by atoms with van der Waals surface area (Å²) in [6.07, 6.45) is 5.51. The van der Waals surface area contributed by atoms with Crippen LogP contribution in [0.3, 0.4) is 0 Å². The maximum atomic E-state index is 9.11. The van der Waals surface area contributed by atoms with Gasteiger partial charge >= 0.3 is 0 Å². The van der Waals surface area contributed by atoms with Gasteiger partial charge in [-0.3, -0.25) is 0 Å². The summed E-state index contributed by atoms with van der Waals surface area (Å²) in [5.74, 6) is 0.308. The van der Waals surface area contributed by atoms with Crippen LogP contribution in [-0.2, 0) is 0 Å². The summed E-state index contributed by atoms with van der Waals surface area (Å²) in [4.78, 5) is 0. The normalized spacial score (nSPS) is 13.2. The lowest BCUT2D eigenvalue weighted by molar-refractivity contribution is 0.244. The van der Waals surface area contributed by atoms with E-state index in [1.54, 1.807) is 0 Å². The summed E-state index contributed by atoms with van der Waals surface area (Å²) < 4.78 is 0. The van der Waals surface area contributed by atoms with Gasteiger partial charge < -0.3 is 5.11 Å². The molecule has 0 aliphatic rings. The van der Waals surface area contributed by atoms with Gasteiger partial charge in [0.25, 0.3) is 0 Å². The van der Waals surface area contributed by atoms with E-state index in [9.17, 15) is 0 Å². The fourth-order valence-electron chi connectivity index (χ4n) is 1.13. The summed E-state index contributed by atoms with van der Waals surface area (Å²) >= 11 is 0. The molecule has 0 amide bonds. The summed E-state index contributed by atoms with van der Waals surface area (Å²) in [5.41, 5.74) is 5.43. The van der Waals surface area contributed by atoms with Crippen LogP contribution in [0.1, 0.15) is 26.2 Å². The predicted octanol–water partition coefficient (Wildman–Crippen LogP) is 3.37. The lowest BCUT2D eigenvalue weighted by Crippen LogP contribution is -2.14. The first-order chi connectivity index (χ1) is 6.49. The highest BCUT2D eigenvalue weighted by atomic mass is 28.3. The maximum absolute atomic E-state index is 9.11.